The molecule has 9 aromatic rings. The first kappa shape index (κ1) is 23.1. The second-order valence-electron chi connectivity index (χ2n) is 10.8. The molecule has 0 radical (unpaired) electrons. The summed E-state index contributed by atoms with van der Waals surface area (Å²) in [5, 5.41) is 5.66. The first-order chi connectivity index (χ1) is 20.8. The molecule has 0 N–H and O–H groups in total. The van der Waals surface area contributed by atoms with E-state index in [1.807, 2.05) is 12.1 Å². The normalized spacial score (nSPS) is 11.8. The topological polar surface area (TPSA) is 31.0 Å². The predicted molar refractivity (Wildman–Crippen MR) is 174 cm³/mol. The molecule has 0 aliphatic carbocycles. The summed E-state index contributed by atoms with van der Waals surface area (Å²) in [6, 6.07) is 51.2. The van der Waals surface area contributed by atoms with Crippen molar-refractivity contribution in [3.63, 3.8) is 0 Å². The molecule has 0 bridgehead atoms. The van der Waals surface area contributed by atoms with Gasteiger partial charge in [-0.15, -0.1) is 0 Å². The Morgan fingerprint density at radius 2 is 1.19 bits per heavy atom. The molecule has 9 rings (SSSR count). The molecule has 3 nitrogen and oxygen atoms in total. The third kappa shape index (κ3) is 3.37. The summed E-state index contributed by atoms with van der Waals surface area (Å²) in [5.41, 5.74) is 9.68. The number of hydrogen-bond donors (Lipinski definition) is 0. The van der Waals surface area contributed by atoms with Crippen LogP contribution in [0.15, 0.2) is 150 Å². The summed E-state index contributed by atoms with van der Waals surface area (Å²) in [5.74, 6) is 0.885. The van der Waals surface area contributed by atoms with Gasteiger partial charge in [0.05, 0.1) is 21.9 Å². The van der Waals surface area contributed by atoms with E-state index in [9.17, 15) is 0 Å². The molecule has 6 aromatic carbocycles. The van der Waals surface area contributed by atoms with Gasteiger partial charge in [-0.05, 0) is 64.7 Å². The van der Waals surface area contributed by atoms with E-state index in [0.717, 1.165) is 71.6 Å². The number of furan rings is 1. The van der Waals surface area contributed by atoms with Crippen molar-refractivity contribution in [3.05, 3.63) is 146 Å². The van der Waals surface area contributed by atoms with Crippen LogP contribution in [-0.4, -0.2) is 9.55 Å². The van der Waals surface area contributed by atoms with E-state index in [1.54, 1.807) is 0 Å². The summed E-state index contributed by atoms with van der Waals surface area (Å²) >= 11 is 0. The minimum absolute atomic E-state index is 0.885. The molecule has 196 valence electrons. The lowest BCUT2D eigenvalue weighted by Gasteiger charge is -2.14. The smallest absolute Gasteiger partial charge is 0.145 e. The Morgan fingerprint density at radius 1 is 0.476 bits per heavy atom. The van der Waals surface area contributed by atoms with Gasteiger partial charge in [0.15, 0.2) is 0 Å². The average Bonchev–Trinajstić information content (AvgIpc) is 3.60. The molecule has 0 atom stereocenters. The van der Waals surface area contributed by atoms with E-state index in [-0.39, 0.29) is 0 Å². The highest BCUT2D eigenvalue weighted by atomic mass is 16.3. The Hall–Kier alpha value is -5.67. The lowest BCUT2D eigenvalue weighted by Crippen LogP contribution is -1.99. The number of pyridine rings is 1. The molecule has 0 spiro atoms. The van der Waals surface area contributed by atoms with Crippen molar-refractivity contribution in [2.75, 3.05) is 0 Å². The quantitative estimate of drug-likeness (QED) is 0.225. The van der Waals surface area contributed by atoms with Gasteiger partial charge in [-0.25, -0.2) is 4.98 Å². The van der Waals surface area contributed by atoms with Gasteiger partial charge in [0.1, 0.15) is 17.0 Å². The van der Waals surface area contributed by atoms with Crippen LogP contribution in [0.4, 0.5) is 0 Å². The molecular formula is C39H24N2O. The fourth-order valence-corrected chi connectivity index (χ4v) is 6.49. The molecule has 0 aliphatic heterocycles. The minimum Gasteiger partial charge on any atom is -0.455 e. The molecule has 0 fully saturated rings. The summed E-state index contributed by atoms with van der Waals surface area (Å²) < 4.78 is 8.79. The van der Waals surface area contributed by atoms with Crippen molar-refractivity contribution in [2.24, 2.45) is 0 Å². The number of aromatic nitrogens is 2. The summed E-state index contributed by atoms with van der Waals surface area (Å²) in [4.78, 5) is 5.24. The van der Waals surface area contributed by atoms with Crippen LogP contribution in [0.3, 0.4) is 0 Å². The lowest BCUT2D eigenvalue weighted by molar-refractivity contribution is 0.673. The van der Waals surface area contributed by atoms with Crippen molar-refractivity contribution in [3.8, 4) is 28.1 Å². The van der Waals surface area contributed by atoms with Gasteiger partial charge in [0.2, 0.25) is 0 Å². The zero-order valence-electron chi connectivity index (χ0n) is 22.7. The molecule has 0 saturated carbocycles. The molecule has 3 aromatic heterocycles. The van der Waals surface area contributed by atoms with Crippen molar-refractivity contribution < 1.29 is 4.42 Å². The molecular weight excluding hydrogens is 512 g/mol. The summed E-state index contributed by atoms with van der Waals surface area (Å²) in [6.45, 7) is 0. The number of hydrogen-bond acceptors (Lipinski definition) is 2. The number of nitrogens with zero attached hydrogens (tertiary/aromatic N) is 2. The van der Waals surface area contributed by atoms with Crippen molar-refractivity contribution in [1.82, 2.24) is 9.55 Å². The zero-order chi connectivity index (χ0) is 27.6. The molecule has 0 unspecified atom stereocenters. The van der Waals surface area contributed by atoms with Crippen LogP contribution in [0.5, 0.6) is 0 Å². The van der Waals surface area contributed by atoms with E-state index in [4.69, 9.17) is 9.40 Å². The van der Waals surface area contributed by atoms with Gasteiger partial charge in [-0.2, -0.15) is 0 Å². The van der Waals surface area contributed by atoms with E-state index in [2.05, 4.69) is 138 Å². The average molecular weight is 537 g/mol. The molecule has 3 heteroatoms. The molecule has 0 saturated heterocycles. The SMILES string of the molecule is c1ccc(-c2cccc(-c3cc(-n4c5ccccc5c5c6oc7ccccc7c6ccc54)nc4ccccc34)c2)cc1. The monoisotopic (exact) mass is 536 g/mol. The van der Waals surface area contributed by atoms with Crippen LogP contribution in [0.25, 0.3) is 82.7 Å². The second-order valence-corrected chi connectivity index (χ2v) is 10.8. The maximum atomic E-state index is 6.51. The van der Waals surface area contributed by atoms with E-state index < -0.39 is 0 Å². The Balaban J connectivity index is 1.35. The Kier molecular flexibility index (Phi) is 4.90. The second kappa shape index (κ2) is 8.92. The van der Waals surface area contributed by atoms with Gasteiger partial charge >= 0.3 is 0 Å². The van der Waals surface area contributed by atoms with Crippen LogP contribution >= 0.6 is 0 Å². The number of benzene rings is 6. The molecule has 3 heterocycles. The van der Waals surface area contributed by atoms with E-state index in [1.165, 1.54) is 11.1 Å². The van der Waals surface area contributed by atoms with Gasteiger partial charge in [-0.3, -0.25) is 4.57 Å². The van der Waals surface area contributed by atoms with Crippen LogP contribution in [-0.2, 0) is 0 Å². The molecule has 0 amide bonds. The summed E-state index contributed by atoms with van der Waals surface area (Å²) in [7, 11) is 0. The van der Waals surface area contributed by atoms with Crippen LogP contribution in [0.1, 0.15) is 0 Å². The Morgan fingerprint density at radius 3 is 2.10 bits per heavy atom. The first-order valence-corrected chi connectivity index (χ1v) is 14.2. The third-order valence-corrected chi connectivity index (χ3v) is 8.39. The molecule has 0 aliphatic rings. The van der Waals surface area contributed by atoms with Crippen LogP contribution in [0.2, 0.25) is 0 Å². The van der Waals surface area contributed by atoms with Crippen molar-refractivity contribution in [1.29, 1.82) is 0 Å². The van der Waals surface area contributed by atoms with Crippen LogP contribution < -0.4 is 0 Å². The van der Waals surface area contributed by atoms with Crippen molar-refractivity contribution >= 4 is 54.6 Å². The van der Waals surface area contributed by atoms with Crippen LogP contribution in [0, 0.1) is 0 Å². The highest BCUT2D eigenvalue weighted by molar-refractivity contribution is 6.23. The Bertz CT molecular complexity index is 2470. The highest BCUT2D eigenvalue weighted by Crippen LogP contribution is 2.41. The number of para-hydroxylation sites is 3. The maximum Gasteiger partial charge on any atom is 0.145 e. The van der Waals surface area contributed by atoms with Crippen molar-refractivity contribution in [2.45, 2.75) is 0 Å². The first-order valence-electron chi connectivity index (χ1n) is 14.2. The van der Waals surface area contributed by atoms with Gasteiger partial charge in [0.25, 0.3) is 0 Å². The predicted octanol–water partition coefficient (Wildman–Crippen LogP) is 10.6. The molecule has 42 heavy (non-hydrogen) atoms. The largest absolute Gasteiger partial charge is 0.455 e. The van der Waals surface area contributed by atoms with Gasteiger partial charge < -0.3 is 4.42 Å². The van der Waals surface area contributed by atoms with E-state index >= 15 is 0 Å². The fraction of sp³-hybridized carbons (Fsp3) is 0. The zero-order valence-corrected chi connectivity index (χ0v) is 22.7. The van der Waals surface area contributed by atoms with Gasteiger partial charge in [-0.1, -0.05) is 103 Å². The number of rotatable bonds is 3. The lowest BCUT2D eigenvalue weighted by atomic mass is 9.97. The van der Waals surface area contributed by atoms with Gasteiger partial charge in [0, 0.05) is 21.5 Å². The van der Waals surface area contributed by atoms with E-state index in [0.29, 0.717) is 0 Å². The minimum atomic E-state index is 0.885. The standard InChI is InChI=1S/C39H24N2O/c1-2-11-25(12-3-1)26-13-10-14-27(23-26)32-24-37(40-33-18-7-4-15-28(32)33)41-34-19-8-5-17-31(34)38-35(41)22-21-30-29-16-6-9-20-36(29)42-39(30)38/h1-24H. The Labute approximate surface area is 241 Å². The maximum absolute atomic E-state index is 6.51. The number of fused-ring (bicyclic) bond motifs is 8. The fourth-order valence-electron chi connectivity index (χ4n) is 6.49. The highest BCUT2D eigenvalue weighted by Gasteiger charge is 2.20. The summed E-state index contributed by atoms with van der Waals surface area (Å²) in [6.07, 6.45) is 0. The third-order valence-electron chi connectivity index (χ3n) is 8.39.